The molecule has 0 aliphatic carbocycles. The van der Waals surface area contributed by atoms with Gasteiger partial charge in [0.2, 0.25) is 5.91 Å². The molecule has 0 bridgehead atoms. The number of carbonyl (C=O) groups is 2. The van der Waals surface area contributed by atoms with Crippen molar-refractivity contribution >= 4 is 11.8 Å². The number of piperidine rings is 1. The summed E-state index contributed by atoms with van der Waals surface area (Å²) in [6.45, 7) is 0.876. The van der Waals surface area contributed by atoms with Crippen LogP contribution in [-0.2, 0) is 24.8 Å². The van der Waals surface area contributed by atoms with Crippen LogP contribution in [-0.4, -0.2) is 49.4 Å². The Morgan fingerprint density at radius 1 is 1.27 bits per heavy atom. The van der Waals surface area contributed by atoms with Crippen LogP contribution in [0.2, 0.25) is 0 Å². The van der Waals surface area contributed by atoms with Gasteiger partial charge < -0.3 is 10.2 Å². The topological polar surface area (TPSA) is 85.1 Å². The molecule has 1 N–H and O–H groups in total. The van der Waals surface area contributed by atoms with Gasteiger partial charge in [0, 0.05) is 39.0 Å². The van der Waals surface area contributed by atoms with Crippen molar-refractivity contribution < 1.29 is 9.59 Å². The molecule has 0 unspecified atom stereocenters. The van der Waals surface area contributed by atoms with E-state index in [1.807, 2.05) is 23.9 Å². The zero-order chi connectivity index (χ0) is 18.3. The first-order valence-corrected chi connectivity index (χ1v) is 9.16. The summed E-state index contributed by atoms with van der Waals surface area (Å²) in [5, 5.41) is 11.8. The Labute approximate surface area is 152 Å². The fourth-order valence-corrected chi connectivity index (χ4v) is 4.04. The first-order valence-electron chi connectivity index (χ1n) is 9.16. The number of rotatable bonds is 3. The molecule has 4 heterocycles. The Kier molecular flexibility index (Phi) is 4.26. The van der Waals surface area contributed by atoms with E-state index >= 15 is 0 Å². The maximum atomic E-state index is 12.8. The highest BCUT2D eigenvalue weighted by Crippen LogP contribution is 2.30. The predicted molar refractivity (Wildman–Crippen MR) is 94.4 cm³/mol. The van der Waals surface area contributed by atoms with Crippen molar-refractivity contribution in [3.8, 4) is 0 Å². The molecular formula is C18H24N6O2. The van der Waals surface area contributed by atoms with Gasteiger partial charge in [0.25, 0.3) is 5.91 Å². The Bertz CT molecular complexity index is 815. The molecule has 0 saturated carbocycles. The third-order valence-electron chi connectivity index (χ3n) is 5.49. The fraction of sp³-hybridized carbons (Fsp3) is 0.556. The van der Waals surface area contributed by atoms with Crippen molar-refractivity contribution in [3.05, 3.63) is 35.4 Å². The monoisotopic (exact) mass is 356 g/mol. The molecule has 0 spiro atoms. The SMILES string of the molecule is CN1C(=O)CC[C@@H](NC(=O)c2cc3n(n2)CCCC3)[C@@H]1c1ccnn1C. The van der Waals surface area contributed by atoms with Crippen molar-refractivity contribution in [1.29, 1.82) is 0 Å². The number of aromatic nitrogens is 4. The largest absolute Gasteiger partial charge is 0.345 e. The van der Waals surface area contributed by atoms with Gasteiger partial charge in [0.15, 0.2) is 0 Å². The highest BCUT2D eigenvalue weighted by atomic mass is 16.2. The van der Waals surface area contributed by atoms with Crippen LogP contribution in [0.3, 0.4) is 0 Å². The zero-order valence-corrected chi connectivity index (χ0v) is 15.2. The van der Waals surface area contributed by atoms with E-state index in [2.05, 4.69) is 15.5 Å². The van der Waals surface area contributed by atoms with Gasteiger partial charge in [-0.15, -0.1) is 0 Å². The number of amides is 2. The molecular weight excluding hydrogens is 332 g/mol. The summed E-state index contributed by atoms with van der Waals surface area (Å²) in [6, 6.07) is 3.39. The van der Waals surface area contributed by atoms with E-state index in [0.29, 0.717) is 18.5 Å². The second kappa shape index (κ2) is 6.59. The van der Waals surface area contributed by atoms with Crippen molar-refractivity contribution in [1.82, 2.24) is 29.8 Å². The third kappa shape index (κ3) is 2.89. The second-order valence-electron chi connectivity index (χ2n) is 7.15. The lowest BCUT2D eigenvalue weighted by Gasteiger charge is -2.39. The van der Waals surface area contributed by atoms with Gasteiger partial charge >= 0.3 is 0 Å². The predicted octanol–water partition coefficient (Wildman–Crippen LogP) is 1.04. The van der Waals surface area contributed by atoms with Crippen molar-refractivity contribution in [2.24, 2.45) is 7.05 Å². The number of likely N-dealkylation sites (tertiary alicyclic amines) is 1. The number of nitrogens with zero attached hydrogens (tertiary/aromatic N) is 5. The molecule has 2 aromatic rings. The molecule has 26 heavy (non-hydrogen) atoms. The van der Waals surface area contributed by atoms with Gasteiger partial charge in [-0.2, -0.15) is 10.2 Å². The molecule has 1 saturated heterocycles. The van der Waals surface area contributed by atoms with E-state index in [4.69, 9.17) is 0 Å². The molecule has 4 rings (SSSR count). The quantitative estimate of drug-likeness (QED) is 0.891. The van der Waals surface area contributed by atoms with Crippen molar-refractivity contribution in [2.45, 2.75) is 50.7 Å². The molecule has 2 atom stereocenters. The number of fused-ring (bicyclic) bond motifs is 1. The number of hydrogen-bond acceptors (Lipinski definition) is 4. The van der Waals surface area contributed by atoms with E-state index in [1.165, 1.54) is 0 Å². The Morgan fingerprint density at radius 3 is 2.85 bits per heavy atom. The van der Waals surface area contributed by atoms with Gasteiger partial charge in [0.1, 0.15) is 5.69 Å². The normalized spacial score (nSPS) is 23.0. The van der Waals surface area contributed by atoms with E-state index < -0.39 is 0 Å². The summed E-state index contributed by atoms with van der Waals surface area (Å²) in [5.74, 6) is -0.0917. The summed E-state index contributed by atoms with van der Waals surface area (Å²) in [6.07, 6.45) is 5.97. The lowest BCUT2D eigenvalue weighted by Crippen LogP contribution is -2.51. The summed E-state index contributed by atoms with van der Waals surface area (Å²) >= 11 is 0. The molecule has 0 radical (unpaired) electrons. The van der Waals surface area contributed by atoms with Gasteiger partial charge in [-0.1, -0.05) is 0 Å². The highest BCUT2D eigenvalue weighted by molar-refractivity contribution is 5.93. The fourth-order valence-electron chi connectivity index (χ4n) is 4.04. The Hall–Kier alpha value is -2.64. The van der Waals surface area contributed by atoms with Crippen LogP contribution in [0.5, 0.6) is 0 Å². The van der Waals surface area contributed by atoms with Crippen LogP contribution in [0.15, 0.2) is 18.3 Å². The van der Waals surface area contributed by atoms with E-state index in [9.17, 15) is 9.59 Å². The minimum Gasteiger partial charge on any atom is -0.345 e. The minimum absolute atomic E-state index is 0.0826. The van der Waals surface area contributed by atoms with Gasteiger partial charge in [0.05, 0.1) is 17.8 Å². The first kappa shape index (κ1) is 16.8. The zero-order valence-electron chi connectivity index (χ0n) is 15.2. The summed E-state index contributed by atoms with van der Waals surface area (Å²) < 4.78 is 3.70. The maximum absolute atomic E-state index is 12.8. The van der Waals surface area contributed by atoms with Crippen molar-refractivity contribution in [2.75, 3.05) is 7.05 Å². The molecule has 1 fully saturated rings. The summed E-state index contributed by atoms with van der Waals surface area (Å²) in [7, 11) is 3.64. The van der Waals surface area contributed by atoms with Crippen molar-refractivity contribution in [3.63, 3.8) is 0 Å². The summed E-state index contributed by atoms with van der Waals surface area (Å²) in [5.41, 5.74) is 2.50. The average molecular weight is 356 g/mol. The number of aryl methyl sites for hydroxylation is 3. The minimum atomic E-state index is -0.232. The smallest absolute Gasteiger partial charge is 0.272 e. The number of carbonyl (C=O) groups excluding carboxylic acids is 2. The molecule has 2 aliphatic heterocycles. The average Bonchev–Trinajstić information content (AvgIpc) is 3.24. The second-order valence-corrected chi connectivity index (χ2v) is 7.15. The van der Waals surface area contributed by atoms with E-state index in [-0.39, 0.29) is 23.9 Å². The number of hydrogen-bond donors (Lipinski definition) is 1. The van der Waals surface area contributed by atoms with Crippen LogP contribution in [0, 0.1) is 0 Å². The van der Waals surface area contributed by atoms with E-state index in [1.54, 1.807) is 22.8 Å². The lowest BCUT2D eigenvalue weighted by molar-refractivity contribution is -0.136. The van der Waals surface area contributed by atoms with E-state index in [0.717, 1.165) is 37.2 Å². The lowest BCUT2D eigenvalue weighted by atomic mass is 9.93. The van der Waals surface area contributed by atoms with Crippen LogP contribution in [0.4, 0.5) is 0 Å². The highest BCUT2D eigenvalue weighted by Gasteiger charge is 2.37. The van der Waals surface area contributed by atoms with Crippen LogP contribution in [0.1, 0.15) is 53.6 Å². The first-order chi connectivity index (χ1) is 12.5. The van der Waals surface area contributed by atoms with Gasteiger partial charge in [-0.25, -0.2) is 0 Å². The molecule has 8 heteroatoms. The standard InChI is InChI=1S/C18H24N6O2/c1-22-16(25)7-6-13(17(22)15-8-9-19-23(15)2)20-18(26)14-11-12-5-3-4-10-24(12)21-14/h8-9,11,13,17H,3-7,10H2,1-2H3,(H,20,26)/t13-,17-/m1/s1. The van der Waals surface area contributed by atoms with Crippen LogP contribution in [0.25, 0.3) is 0 Å². The van der Waals surface area contributed by atoms with Gasteiger partial charge in [-0.3, -0.25) is 19.0 Å². The Balaban J connectivity index is 1.57. The molecule has 8 nitrogen and oxygen atoms in total. The summed E-state index contributed by atoms with van der Waals surface area (Å²) in [4.78, 5) is 26.7. The molecule has 2 aliphatic rings. The third-order valence-corrected chi connectivity index (χ3v) is 5.49. The molecule has 2 aromatic heterocycles. The Morgan fingerprint density at radius 2 is 2.12 bits per heavy atom. The molecule has 2 amide bonds. The van der Waals surface area contributed by atoms with Gasteiger partial charge in [-0.05, 0) is 37.8 Å². The number of likely N-dealkylation sites (N-methyl/N-ethyl adjacent to an activating group) is 1. The molecule has 0 aromatic carbocycles. The molecule has 138 valence electrons. The number of nitrogens with one attached hydrogen (secondary N) is 1. The maximum Gasteiger partial charge on any atom is 0.272 e. The van der Waals surface area contributed by atoms with Crippen LogP contribution < -0.4 is 5.32 Å². The van der Waals surface area contributed by atoms with Crippen LogP contribution >= 0.6 is 0 Å².